The highest BCUT2D eigenvalue weighted by Crippen LogP contribution is 2.42. The molecule has 3 N–H and O–H groups in total. The fraction of sp³-hybridized carbons (Fsp3) is 0.444. The van der Waals surface area contributed by atoms with Gasteiger partial charge in [0.1, 0.15) is 17.3 Å². The molecule has 0 unspecified atom stereocenters. The van der Waals surface area contributed by atoms with Crippen LogP contribution in [0.3, 0.4) is 0 Å². The SMILES string of the molecule is COc1ccc(C2CCOCC2)c2c1CC(NC(=O)C1=NC(N)=NC1)=N2. The summed E-state index contributed by atoms with van der Waals surface area (Å²) in [5.74, 6) is 1.61. The number of benzene rings is 1. The Morgan fingerprint density at radius 3 is 2.81 bits per heavy atom. The number of rotatable bonds is 3. The van der Waals surface area contributed by atoms with Gasteiger partial charge in [-0.1, -0.05) is 6.07 Å². The lowest BCUT2D eigenvalue weighted by molar-refractivity contribution is -0.113. The van der Waals surface area contributed by atoms with Crippen molar-refractivity contribution in [2.24, 2.45) is 20.7 Å². The van der Waals surface area contributed by atoms with Gasteiger partial charge < -0.3 is 20.5 Å². The molecular weight excluding hydrogens is 334 g/mol. The summed E-state index contributed by atoms with van der Waals surface area (Å²) in [6, 6.07) is 4.07. The fourth-order valence-corrected chi connectivity index (χ4v) is 3.57. The standard InChI is InChI=1S/C18H21N5O3/c1-25-14-3-2-11(10-4-6-26-7-5-10)16-12(14)8-15(22-16)23-17(24)13-9-20-18(19)21-13/h2-3,10H,4-9H2,1H3,(H2,19,20)(H,22,23,24). The van der Waals surface area contributed by atoms with Crippen molar-refractivity contribution in [1.82, 2.24) is 5.32 Å². The molecule has 0 saturated carbocycles. The first-order chi connectivity index (χ1) is 12.7. The van der Waals surface area contributed by atoms with Gasteiger partial charge in [-0.25, -0.2) is 15.0 Å². The van der Waals surface area contributed by atoms with E-state index in [1.165, 1.54) is 5.56 Å². The molecule has 3 heterocycles. The molecule has 0 aromatic heterocycles. The number of carbonyl (C=O) groups is 1. The van der Waals surface area contributed by atoms with E-state index in [2.05, 4.69) is 21.4 Å². The molecule has 1 aromatic rings. The van der Waals surface area contributed by atoms with Gasteiger partial charge in [0.05, 0.1) is 19.3 Å². The van der Waals surface area contributed by atoms with Crippen molar-refractivity contribution in [2.45, 2.75) is 25.2 Å². The van der Waals surface area contributed by atoms with Crippen LogP contribution in [0.25, 0.3) is 0 Å². The Bertz CT molecular complexity index is 837. The zero-order valence-corrected chi connectivity index (χ0v) is 14.6. The molecule has 3 aliphatic rings. The summed E-state index contributed by atoms with van der Waals surface area (Å²) in [5, 5.41) is 2.84. The Labute approximate surface area is 151 Å². The number of nitrogens with zero attached hydrogens (tertiary/aromatic N) is 3. The quantitative estimate of drug-likeness (QED) is 0.844. The molecular formula is C18H21N5O3. The van der Waals surface area contributed by atoms with Crippen molar-refractivity contribution in [3.05, 3.63) is 23.3 Å². The van der Waals surface area contributed by atoms with Crippen LogP contribution in [0.5, 0.6) is 5.75 Å². The average molecular weight is 355 g/mol. The van der Waals surface area contributed by atoms with E-state index < -0.39 is 0 Å². The normalized spacial score (nSPS) is 19.5. The van der Waals surface area contributed by atoms with E-state index in [1.54, 1.807) is 7.11 Å². The third-order valence-electron chi connectivity index (χ3n) is 4.90. The molecule has 1 fully saturated rings. The number of nitrogens with one attached hydrogen (secondary N) is 1. The highest BCUT2D eigenvalue weighted by molar-refractivity contribution is 6.44. The summed E-state index contributed by atoms with van der Waals surface area (Å²) in [5.41, 5.74) is 8.93. The van der Waals surface area contributed by atoms with Crippen LogP contribution < -0.4 is 15.8 Å². The summed E-state index contributed by atoms with van der Waals surface area (Å²) in [6.07, 6.45) is 2.47. The van der Waals surface area contributed by atoms with Gasteiger partial charge in [0.25, 0.3) is 5.91 Å². The Hall–Kier alpha value is -2.74. The van der Waals surface area contributed by atoms with Crippen LogP contribution in [0.1, 0.15) is 29.9 Å². The molecule has 8 heteroatoms. The first kappa shape index (κ1) is 16.7. The molecule has 1 amide bonds. The lowest BCUT2D eigenvalue weighted by Crippen LogP contribution is -2.36. The van der Waals surface area contributed by atoms with Gasteiger partial charge in [0.2, 0.25) is 5.96 Å². The van der Waals surface area contributed by atoms with Gasteiger partial charge in [-0.2, -0.15) is 0 Å². The number of guanidine groups is 1. The first-order valence-electron chi connectivity index (χ1n) is 8.69. The molecule has 0 aliphatic carbocycles. The van der Waals surface area contributed by atoms with Crippen molar-refractivity contribution in [3.63, 3.8) is 0 Å². The number of amides is 1. The Morgan fingerprint density at radius 2 is 2.12 bits per heavy atom. The topological polar surface area (TPSA) is 111 Å². The van der Waals surface area contributed by atoms with E-state index >= 15 is 0 Å². The van der Waals surface area contributed by atoms with Crippen molar-refractivity contribution < 1.29 is 14.3 Å². The summed E-state index contributed by atoms with van der Waals surface area (Å²) in [4.78, 5) is 24.9. The van der Waals surface area contributed by atoms with Crippen LogP contribution in [-0.2, 0) is 16.0 Å². The lowest BCUT2D eigenvalue weighted by atomic mass is 9.89. The summed E-state index contributed by atoms with van der Waals surface area (Å²) < 4.78 is 11.0. The summed E-state index contributed by atoms with van der Waals surface area (Å²) in [6.45, 7) is 1.73. The Kier molecular flexibility index (Phi) is 4.42. The van der Waals surface area contributed by atoms with Crippen LogP contribution in [0.2, 0.25) is 0 Å². The van der Waals surface area contributed by atoms with Crippen molar-refractivity contribution >= 4 is 29.1 Å². The number of aliphatic imine (C=N–C) groups is 3. The number of ether oxygens (including phenoxy) is 2. The van der Waals surface area contributed by atoms with Crippen LogP contribution >= 0.6 is 0 Å². The molecule has 0 bridgehead atoms. The largest absolute Gasteiger partial charge is 0.496 e. The third-order valence-corrected chi connectivity index (χ3v) is 4.90. The number of carbonyl (C=O) groups excluding carboxylic acids is 1. The first-order valence-corrected chi connectivity index (χ1v) is 8.69. The predicted octanol–water partition coefficient (Wildman–Crippen LogP) is 1.06. The van der Waals surface area contributed by atoms with Gasteiger partial charge in [-0.3, -0.25) is 4.79 Å². The zero-order chi connectivity index (χ0) is 18.1. The number of hydrogen-bond donors (Lipinski definition) is 2. The highest BCUT2D eigenvalue weighted by Gasteiger charge is 2.28. The number of hydrogen-bond acceptors (Lipinski definition) is 7. The van der Waals surface area contributed by atoms with Crippen molar-refractivity contribution in [1.29, 1.82) is 0 Å². The second kappa shape index (κ2) is 6.87. The smallest absolute Gasteiger partial charge is 0.273 e. The number of fused-ring (bicyclic) bond motifs is 1. The minimum Gasteiger partial charge on any atom is -0.496 e. The Balaban J connectivity index is 1.59. The van der Waals surface area contributed by atoms with E-state index in [-0.39, 0.29) is 18.4 Å². The Morgan fingerprint density at radius 1 is 1.31 bits per heavy atom. The molecule has 4 rings (SSSR count). The lowest BCUT2D eigenvalue weighted by Gasteiger charge is -2.24. The second-order valence-corrected chi connectivity index (χ2v) is 6.49. The van der Waals surface area contributed by atoms with Crippen LogP contribution in [0, 0.1) is 0 Å². The predicted molar refractivity (Wildman–Crippen MR) is 98.7 cm³/mol. The van der Waals surface area contributed by atoms with Gasteiger partial charge in [-0.05, 0) is 30.4 Å². The fourth-order valence-electron chi connectivity index (χ4n) is 3.57. The van der Waals surface area contributed by atoms with Crippen LogP contribution in [0.15, 0.2) is 27.1 Å². The molecule has 0 spiro atoms. The van der Waals surface area contributed by atoms with Gasteiger partial charge >= 0.3 is 0 Å². The maximum Gasteiger partial charge on any atom is 0.273 e. The maximum atomic E-state index is 12.3. The van der Waals surface area contributed by atoms with Crippen LogP contribution in [-0.4, -0.2) is 50.3 Å². The van der Waals surface area contributed by atoms with Crippen LogP contribution in [0.4, 0.5) is 5.69 Å². The monoisotopic (exact) mass is 355 g/mol. The molecule has 0 atom stereocenters. The van der Waals surface area contributed by atoms with Crippen molar-refractivity contribution in [2.75, 3.05) is 26.9 Å². The highest BCUT2D eigenvalue weighted by atomic mass is 16.5. The summed E-state index contributed by atoms with van der Waals surface area (Å²) in [7, 11) is 1.65. The maximum absolute atomic E-state index is 12.3. The summed E-state index contributed by atoms with van der Waals surface area (Å²) >= 11 is 0. The third kappa shape index (κ3) is 3.08. The molecule has 1 saturated heterocycles. The molecule has 0 radical (unpaired) electrons. The van der Waals surface area contributed by atoms with E-state index in [4.69, 9.17) is 20.2 Å². The number of nitrogens with two attached hydrogens (primary N) is 1. The second-order valence-electron chi connectivity index (χ2n) is 6.49. The number of amidine groups is 1. The van der Waals surface area contributed by atoms with Gasteiger partial charge in [-0.15, -0.1) is 0 Å². The van der Waals surface area contributed by atoms with E-state index in [0.717, 1.165) is 43.1 Å². The molecule has 26 heavy (non-hydrogen) atoms. The van der Waals surface area contributed by atoms with E-state index in [0.29, 0.717) is 23.9 Å². The zero-order valence-electron chi connectivity index (χ0n) is 14.6. The molecule has 3 aliphatic heterocycles. The minimum atomic E-state index is -0.313. The van der Waals surface area contributed by atoms with Gasteiger partial charge in [0.15, 0.2) is 0 Å². The van der Waals surface area contributed by atoms with E-state index in [1.807, 2.05) is 6.07 Å². The number of methoxy groups -OCH3 is 1. The average Bonchev–Trinajstić information content (AvgIpc) is 3.27. The van der Waals surface area contributed by atoms with E-state index in [9.17, 15) is 4.79 Å². The molecule has 8 nitrogen and oxygen atoms in total. The minimum absolute atomic E-state index is 0.135. The molecule has 1 aromatic carbocycles. The van der Waals surface area contributed by atoms with Crippen molar-refractivity contribution in [3.8, 4) is 5.75 Å². The van der Waals surface area contributed by atoms with Gasteiger partial charge in [0, 0.05) is 25.2 Å². The molecule has 136 valence electrons.